The smallest absolute Gasteiger partial charge is 0.0636 e. The largest absolute Gasteiger partial charge is 0.392 e. The van der Waals surface area contributed by atoms with Crippen molar-refractivity contribution in [1.82, 2.24) is 10.2 Å². The zero-order valence-electron chi connectivity index (χ0n) is 9.66. The second kappa shape index (κ2) is 5.69. The number of aliphatic hydroxyl groups excluding tert-OH is 1. The maximum absolute atomic E-state index is 9.17. The van der Waals surface area contributed by atoms with E-state index in [0.717, 1.165) is 13.1 Å². The predicted octanol–water partition coefficient (Wildman–Crippen LogP) is 0.830. The fourth-order valence-corrected chi connectivity index (χ4v) is 2.21. The highest BCUT2D eigenvalue weighted by molar-refractivity contribution is 4.82. The van der Waals surface area contributed by atoms with Gasteiger partial charge in [0.2, 0.25) is 0 Å². The van der Waals surface area contributed by atoms with Crippen molar-refractivity contribution in [2.24, 2.45) is 0 Å². The zero-order chi connectivity index (χ0) is 10.6. The molecule has 0 aromatic rings. The molecule has 1 saturated heterocycles. The van der Waals surface area contributed by atoms with Gasteiger partial charge < -0.3 is 15.3 Å². The molecule has 14 heavy (non-hydrogen) atoms. The van der Waals surface area contributed by atoms with Gasteiger partial charge in [-0.3, -0.25) is 0 Å². The van der Waals surface area contributed by atoms with Crippen LogP contribution in [0.1, 0.15) is 33.6 Å². The van der Waals surface area contributed by atoms with Crippen LogP contribution >= 0.6 is 0 Å². The molecule has 1 rings (SSSR count). The van der Waals surface area contributed by atoms with Gasteiger partial charge in [0, 0.05) is 18.6 Å². The summed E-state index contributed by atoms with van der Waals surface area (Å²) in [6.45, 7) is 9.42. The molecule has 0 spiro atoms. The first-order chi connectivity index (χ1) is 6.63. The van der Waals surface area contributed by atoms with Crippen molar-refractivity contribution in [3.63, 3.8) is 0 Å². The third kappa shape index (κ3) is 3.56. The van der Waals surface area contributed by atoms with E-state index in [-0.39, 0.29) is 6.10 Å². The van der Waals surface area contributed by atoms with Crippen LogP contribution in [0.2, 0.25) is 0 Å². The van der Waals surface area contributed by atoms with E-state index in [2.05, 4.69) is 24.1 Å². The Labute approximate surface area is 87.5 Å². The fourth-order valence-electron chi connectivity index (χ4n) is 2.21. The lowest BCUT2D eigenvalue weighted by molar-refractivity contribution is 0.129. The summed E-state index contributed by atoms with van der Waals surface area (Å²) >= 11 is 0. The van der Waals surface area contributed by atoms with Gasteiger partial charge in [-0.15, -0.1) is 0 Å². The molecule has 84 valence electrons. The Kier molecular flexibility index (Phi) is 4.85. The lowest BCUT2D eigenvalue weighted by Crippen LogP contribution is -2.48. The molecule has 2 unspecified atom stereocenters. The number of aliphatic hydroxyl groups is 1. The normalized spacial score (nSPS) is 31.7. The van der Waals surface area contributed by atoms with E-state index in [1.165, 1.54) is 19.4 Å². The summed E-state index contributed by atoms with van der Waals surface area (Å²) in [7, 11) is 0. The van der Waals surface area contributed by atoms with Crippen LogP contribution in [0, 0.1) is 0 Å². The molecule has 0 aromatic carbocycles. The Balaban J connectivity index is 2.24. The average molecular weight is 200 g/mol. The standard InChI is InChI=1S/C11H24N2O/c1-4-13-6-5-11(7-9(13)2)12-8-10(3)14/h9-12,14H,4-8H2,1-3H3/t9?,10-,11?/m1/s1. The monoisotopic (exact) mass is 200 g/mol. The Bertz CT molecular complexity index is 161. The minimum atomic E-state index is -0.227. The maximum atomic E-state index is 9.17. The SMILES string of the molecule is CCN1CCC(NC[C@@H](C)O)CC1C. The first-order valence-electron chi connectivity index (χ1n) is 5.79. The van der Waals surface area contributed by atoms with Crippen LogP contribution in [0.25, 0.3) is 0 Å². The molecule has 3 nitrogen and oxygen atoms in total. The van der Waals surface area contributed by atoms with Crippen molar-refractivity contribution in [3.8, 4) is 0 Å². The van der Waals surface area contributed by atoms with Crippen LogP contribution in [0.5, 0.6) is 0 Å². The van der Waals surface area contributed by atoms with Crippen molar-refractivity contribution in [3.05, 3.63) is 0 Å². The van der Waals surface area contributed by atoms with Gasteiger partial charge in [0.15, 0.2) is 0 Å². The van der Waals surface area contributed by atoms with Crippen LogP contribution < -0.4 is 5.32 Å². The van der Waals surface area contributed by atoms with Crippen LogP contribution in [0.4, 0.5) is 0 Å². The maximum Gasteiger partial charge on any atom is 0.0636 e. The quantitative estimate of drug-likeness (QED) is 0.705. The minimum absolute atomic E-state index is 0.227. The van der Waals surface area contributed by atoms with Gasteiger partial charge in [0.05, 0.1) is 6.10 Å². The molecule has 0 saturated carbocycles. The number of rotatable bonds is 4. The molecule has 1 fully saturated rings. The number of likely N-dealkylation sites (tertiary alicyclic amines) is 1. The second-order valence-electron chi connectivity index (χ2n) is 4.46. The van der Waals surface area contributed by atoms with Gasteiger partial charge in [-0.25, -0.2) is 0 Å². The summed E-state index contributed by atoms with van der Waals surface area (Å²) in [5, 5.41) is 12.6. The number of hydrogen-bond acceptors (Lipinski definition) is 3. The number of piperidine rings is 1. The molecule has 0 aromatic heterocycles. The first-order valence-corrected chi connectivity index (χ1v) is 5.79. The van der Waals surface area contributed by atoms with E-state index < -0.39 is 0 Å². The fraction of sp³-hybridized carbons (Fsp3) is 1.00. The van der Waals surface area contributed by atoms with Crippen LogP contribution in [0.15, 0.2) is 0 Å². The third-order valence-corrected chi connectivity index (χ3v) is 3.12. The van der Waals surface area contributed by atoms with Gasteiger partial charge in [-0.05, 0) is 39.8 Å². The number of nitrogens with zero attached hydrogens (tertiary/aromatic N) is 1. The molecular weight excluding hydrogens is 176 g/mol. The Hall–Kier alpha value is -0.120. The van der Waals surface area contributed by atoms with Gasteiger partial charge in [0.25, 0.3) is 0 Å². The number of hydrogen-bond donors (Lipinski definition) is 2. The van der Waals surface area contributed by atoms with Crippen molar-refractivity contribution < 1.29 is 5.11 Å². The topological polar surface area (TPSA) is 35.5 Å². The molecule has 2 N–H and O–H groups in total. The van der Waals surface area contributed by atoms with Crippen molar-refractivity contribution >= 4 is 0 Å². The first kappa shape index (κ1) is 12.0. The summed E-state index contributed by atoms with van der Waals surface area (Å²) in [4.78, 5) is 2.51. The van der Waals surface area contributed by atoms with Crippen molar-refractivity contribution in [2.75, 3.05) is 19.6 Å². The van der Waals surface area contributed by atoms with Crippen molar-refractivity contribution in [2.45, 2.75) is 51.8 Å². The molecule has 3 atom stereocenters. The second-order valence-corrected chi connectivity index (χ2v) is 4.46. The zero-order valence-corrected chi connectivity index (χ0v) is 9.66. The predicted molar refractivity (Wildman–Crippen MR) is 59.4 cm³/mol. The van der Waals surface area contributed by atoms with Crippen LogP contribution in [-0.4, -0.2) is 47.8 Å². The van der Waals surface area contributed by atoms with E-state index in [9.17, 15) is 5.11 Å². The van der Waals surface area contributed by atoms with Gasteiger partial charge in [0.1, 0.15) is 0 Å². The van der Waals surface area contributed by atoms with E-state index >= 15 is 0 Å². The molecule has 0 radical (unpaired) electrons. The Morgan fingerprint density at radius 1 is 1.57 bits per heavy atom. The van der Waals surface area contributed by atoms with Crippen molar-refractivity contribution in [1.29, 1.82) is 0 Å². The molecular formula is C11H24N2O. The van der Waals surface area contributed by atoms with Crippen LogP contribution in [0.3, 0.4) is 0 Å². The van der Waals surface area contributed by atoms with E-state index in [1.807, 2.05) is 6.92 Å². The Morgan fingerprint density at radius 3 is 2.79 bits per heavy atom. The summed E-state index contributed by atoms with van der Waals surface area (Å²) in [6.07, 6.45) is 2.19. The van der Waals surface area contributed by atoms with E-state index in [1.54, 1.807) is 0 Å². The third-order valence-electron chi connectivity index (χ3n) is 3.12. The summed E-state index contributed by atoms with van der Waals surface area (Å²) in [6, 6.07) is 1.28. The number of nitrogens with one attached hydrogen (secondary N) is 1. The lowest BCUT2D eigenvalue weighted by atomic mass is 9.98. The molecule has 1 heterocycles. The summed E-state index contributed by atoms with van der Waals surface area (Å²) in [5.74, 6) is 0. The van der Waals surface area contributed by atoms with Gasteiger partial charge in [-0.2, -0.15) is 0 Å². The highest BCUT2D eigenvalue weighted by Gasteiger charge is 2.23. The highest BCUT2D eigenvalue weighted by Crippen LogP contribution is 2.16. The molecule has 0 aliphatic carbocycles. The molecule has 1 aliphatic rings. The lowest BCUT2D eigenvalue weighted by Gasteiger charge is -2.37. The average Bonchev–Trinajstić information content (AvgIpc) is 2.15. The van der Waals surface area contributed by atoms with Crippen LogP contribution in [-0.2, 0) is 0 Å². The van der Waals surface area contributed by atoms with Gasteiger partial charge in [-0.1, -0.05) is 6.92 Å². The highest BCUT2D eigenvalue weighted by atomic mass is 16.3. The molecule has 0 bridgehead atoms. The summed E-state index contributed by atoms with van der Waals surface area (Å²) < 4.78 is 0. The molecule has 3 heteroatoms. The van der Waals surface area contributed by atoms with E-state index in [0.29, 0.717) is 12.1 Å². The minimum Gasteiger partial charge on any atom is -0.392 e. The Morgan fingerprint density at radius 2 is 2.29 bits per heavy atom. The van der Waals surface area contributed by atoms with E-state index in [4.69, 9.17) is 0 Å². The van der Waals surface area contributed by atoms with Gasteiger partial charge >= 0.3 is 0 Å². The molecule has 0 amide bonds. The molecule has 1 aliphatic heterocycles. The summed E-state index contributed by atoms with van der Waals surface area (Å²) in [5.41, 5.74) is 0.